The van der Waals surface area contributed by atoms with Crippen molar-refractivity contribution in [2.45, 2.75) is 38.8 Å². The normalized spacial score (nSPS) is 23.9. The highest BCUT2D eigenvalue weighted by molar-refractivity contribution is 5.33. The summed E-state index contributed by atoms with van der Waals surface area (Å²) in [5.74, 6) is 0.447. The van der Waals surface area contributed by atoms with E-state index in [4.69, 9.17) is 4.74 Å². The Balaban J connectivity index is 1.89. The fourth-order valence-electron chi connectivity index (χ4n) is 2.00. The molecule has 1 aromatic rings. The van der Waals surface area contributed by atoms with Crippen LogP contribution in [0.2, 0.25) is 0 Å². The number of halogens is 1. The van der Waals surface area contributed by atoms with Crippen molar-refractivity contribution in [2.75, 3.05) is 6.54 Å². The lowest BCUT2D eigenvalue weighted by Gasteiger charge is -2.36. The van der Waals surface area contributed by atoms with Gasteiger partial charge in [0.1, 0.15) is 17.7 Å². The lowest BCUT2D eigenvalue weighted by atomic mass is 9.89. The summed E-state index contributed by atoms with van der Waals surface area (Å²) >= 11 is 0. The molecule has 0 atom stereocenters. The first-order chi connectivity index (χ1) is 7.69. The van der Waals surface area contributed by atoms with Crippen LogP contribution in [0.5, 0.6) is 5.75 Å². The van der Waals surface area contributed by atoms with Crippen LogP contribution in [0, 0.1) is 12.7 Å². The van der Waals surface area contributed by atoms with Gasteiger partial charge in [0.05, 0.1) is 0 Å². The zero-order valence-electron chi connectivity index (χ0n) is 9.79. The van der Waals surface area contributed by atoms with E-state index < -0.39 is 0 Å². The van der Waals surface area contributed by atoms with E-state index in [1.165, 1.54) is 12.1 Å². The largest absolute Gasteiger partial charge is 0.490 e. The predicted octanol–water partition coefficient (Wildman–Crippen LogP) is 2.65. The molecule has 1 aliphatic rings. The Morgan fingerprint density at radius 3 is 2.88 bits per heavy atom. The standard InChI is InChI=1S/C13H18FNO/c1-3-15-11-7-12(8-11)16-13-6-10(14)5-4-9(13)2/h4-6,11-12,15H,3,7-8H2,1-2H3. The minimum atomic E-state index is -0.233. The van der Waals surface area contributed by atoms with Crippen molar-refractivity contribution in [1.29, 1.82) is 0 Å². The number of hydrogen-bond donors (Lipinski definition) is 1. The van der Waals surface area contributed by atoms with Gasteiger partial charge in [-0.25, -0.2) is 4.39 Å². The third kappa shape index (κ3) is 2.53. The van der Waals surface area contributed by atoms with Gasteiger partial charge in [-0.3, -0.25) is 0 Å². The van der Waals surface area contributed by atoms with Gasteiger partial charge in [-0.1, -0.05) is 13.0 Å². The molecule has 0 aromatic heterocycles. The number of benzene rings is 1. The third-order valence-corrected chi connectivity index (χ3v) is 3.03. The highest BCUT2D eigenvalue weighted by Crippen LogP contribution is 2.28. The van der Waals surface area contributed by atoms with Gasteiger partial charge in [0.25, 0.3) is 0 Å². The van der Waals surface area contributed by atoms with E-state index in [0.29, 0.717) is 11.8 Å². The van der Waals surface area contributed by atoms with Crippen LogP contribution in [-0.4, -0.2) is 18.7 Å². The van der Waals surface area contributed by atoms with Crippen LogP contribution in [0.15, 0.2) is 18.2 Å². The average molecular weight is 223 g/mol. The molecule has 1 aliphatic carbocycles. The molecule has 1 aromatic carbocycles. The van der Waals surface area contributed by atoms with Crippen molar-refractivity contribution in [3.8, 4) is 5.75 Å². The molecular formula is C13H18FNO. The second-order valence-corrected chi connectivity index (χ2v) is 4.38. The molecule has 1 N–H and O–H groups in total. The summed E-state index contributed by atoms with van der Waals surface area (Å²) in [5, 5.41) is 3.37. The van der Waals surface area contributed by atoms with Gasteiger partial charge in [-0.05, 0) is 37.9 Å². The van der Waals surface area contributed by atoms with Crippen LogP contribution >= 0.6 is 0 Å². The monoisotopic (exact) mass is 223 g/mol. The van der Waals surface area contributed by atoms with E-state index in [1.807, 2.05) is 6.92 Å². The Morgan fingerprint density at radius 1 is 1.44 bits per heavy atom. The van der Waals surface area contributed by atoms with Gasteiger partial charge < -0.3 is 10.1 Å². The molecule has 1 saturated carbocycles. The van der Waals surface area contributed by atoms with Gasteiger partial charge in [-0.2, -0.15) is 0 Å². The molecular weight excluding hydrogens is 205 g/mol. The summed E-state index contributed by atoms with van der Waals surface area (Å²) in [5.41, 5.74) is 0.994. The molecule has 0 spiro atoms. The zero-order chi connectivity index (χ0) is 11.5. The molecule has 0 radical (unpaired) electrons. The average Bonchev–Trinajstić information content (AvgIpc) is 2.20. The molecule has 2 nitrogen and oxygen atoms in total. The molecule has 3 heteroatoms. The first kappa shape index (κ1) is 11.4. The van der Waals surface area contributed by atoms with E-state index >= 15 is 0 Å². The van der Waals surface area contributed by atoms with Gasteiger partial charge in [0.2, 0.25) is 0 Å². The Bertz CT molecular complexity index is 361. The van der Waals surface area contributed by atoms with E-state index in [9.17, 15) is 4.39 Å². The maximum absolute atomic E-state index is 13.0. The second-order valence-electron chi connectivity index (χ2n) is 4.38. The summed E-state index contributed by atoms with van der Waals surface area (Å²) in [6, 6.07) is 5.26. The van der Waals surface area contributed by atoms with Gasteiger partial charge in [0.15, 0.2) is 0 Å². The predicted molar refractivity (Wildman–Crippen MR) is 62.3 cm³/mol. The Labute approximate surface area is 95.8 Å². The fourth-order valence-corrected chi connectivity index (χ4v) is 2.00. The van der Waals surface area contributed by atoms with Crippen molar-refractivity contribution in [3.63, 3.8) is 0 Å². The number of ether oxygens (including phenoxy) is 1. The van der Waals surface area contributed by atoms with Crippen molar-refractivity contribution in [1.82, 2.24) is 5.32 Å². The van der Waals surface area contributed by atoms with Crippen molar-refractivity contribution < 1.29 is 9.13 Å². The third-order valence-electron chi connectivity index (χ3n) is 3.03. The molecule has 2 rings (SSSR count). The lowest BCUT2D eigenvalue weighted by molar-refractivity contribution is 0.0849. The number of nitrogens with one attached hydrogen (secondary N) is 1. The molecule has 88 valence electrons. The van der Waals surface area contributed by atoms with Crippen molar-refractivity contribution >= 4 is 0 Å². The molecule has 0 bridgehead atoms. The van der Waals surface area contributed by atoms with Crippen LogP contribution < -0.4 is 10.1 Å². The zero-order valence-corrected chi connectivity index (χ0v) is 9.79. The van der Waals surface area contributed by atoms with Crippen LogP contribution in [0.3, 0.4) is 0 Å². The van der Waals surface area contributed by atoms with Crippen LogP contribution in [0.4, 0.5) is 4.39 Å². The smallest absolute Gasteiger partial charge is 0.126 e. The van der Waals surface area contributed by atoms with Gasteiger partial charge in [0, 0.05) is 12.1 Å². The van der Waals surface area contributed by atoms with Gasteiger partial charge >= 0.3 is 0 Å². The van der Waals surface area contributed by atoms with E-state index in [0.717, 1.165) is 24.9 Å². The first-order valence-corrected chi connectivity index (χ1v) is 5.85. The van der Waals surface area contributed by atoms with E-state index in [-0.39, 0.29) is 11.9 Å². The molecule has 0 saturated heterocycles. The first-order valence-electron chi connectivity index (χ1n) is 5.85. The minimum Gasteiger partial charge on any atom is -0.490 e. The summed E-state index contributed by atoms with van der Waals surface area (Å²) in [6.07, 6.45) is 2.28. The Morgan fingerprint density at radius 2 is 2.19 bits per heavy atom. The quantitative estimate of drug-likeness (QED) is 0.847. The number of hydrogen-bond acceptors (Lipinski definition) is 2. The van der Waals surface area contributed by atoms with Crippen molar-refractivity contribution in [3.05, 3.63) is 29.6 Å². The molecule has 0 aliphatic heterocycles. The van der Waals surface area contributed by atoms with Gasteiger partial charge in [-0.15, -0.1) is 0 Å². The number of aryl methyl sites for hydroxylation is 1. The van der Waals surface area contributed by atoms with Crippen LogP contribution in [-0.2, 0) is 0 Å². The highest BCUT2D eigenvalue weighted by Gasteiger charge is 2.30. The lowest BCUT2D eigenvalue weighted by Crippen LogP contribution is -2.46. The maximum Gasteiger partial charge on any atom is 0.126 e. The molecule has 0 unspecified atom stereocenters. The molecule has 16 heavy (non-hydrogen) atoms. The second kappa shape index (κ2) is 4.83. The van der Waals surface area contributed by atoms with Crippen LogP contribution in [0.1, 0.15) is 25.3 Å². The maximum atomic E-state index is 13.0. The van der Waals surface area contributed by atoms with Crippen LogP contribution in [0.25, 0.3) is 0 Å². The highest BCUT2D eigenvalue weighted by atomic mass is 19.1. The Kier molecular flexibility index (Phi) is 3.44. The number of rotatable bonds is 4. The minimum absolute atomic E-state index is 0.233. The summed E-state index contributed by atoms with van der Waals surface area (Å²) < 4.78 is 18.8. The van der Waals surface area contributed by atoms with E-state index in [2.05, 4.69) is 12.2 Å². The summed E-state index contributed by atoms with van der Waals surface area (Å²) in [6.45, 7) is 5.04. The molecule has 0 amide bonds. The summed E-state index contributed by atoms with van der Waals surface area (Å²) in [7, 11) is 0. The summed E-state index contributed by atoms with van der Waals surface area (Å²) in [4.78, 5) is 0. The van der Waals surface area contributed by atoms with E-state index in [1.54, 1.807) is 6.07 Å². The van der Waals surface area contributed by atoms with Crippen molar-refractivity contribution in [2.24, 2.45) is 0 Å². The SMILES string of the molecule is CCNC1CC(Oc2cc(F)ccc2C)C1. The molecule has 0 heterocycles. The fraction of sp³-hybridized carbons (Fsp3) is 0.538. The molecule has 1 fully saturated rings. The Hall–Kier alpha value is -1.09. The topological polar surface area (TPSA) is 21.3 Å².